The molecule has 0 aliphatic rings. The molecule has 0 bridgehead atoms. The molecule has 0 unspecified atom stereocenters. The molecule has 1 N–H and O–H groups in total. The molecule has 1 amide bonds. The summed E-state index contributed by atoms with van der Waals surface area (Å²) in [4.78, 5) is 17.5. The number of hydrogen-bond acceptors (Lipinski definition) is 3. The van der Waals surface area contributed by atoms with Crippen LogP contribution < -0.4 is 5.32 Å². The van der Waals surface area contributed by atoms with E-state index in [-0.39, 0.29) is 5.82 Å². The van der Waals surface area contributed by atoms with E-state index < -0.39 is 5.91 Å². The molecule has 0 atom stereocenters. The minimum Gasteiger partial charge on any atom is -0.318 e. The molecule has 0 fully saturated rings. The fourth-order valence-corrected chi connectivity index (χ4v) is 3.77. The molecule has 0 saturated carbocycles. The van der Waals surface area contributed by atoms with E-state index in [1.54, 1.807) is 35.0 Å². The number of benzene rings is 3. The Bertz CT molecular complexity index is 1300. The van der Waals surface area contributed by atoms with Gasteiger partial charge in [-0.25, -0.2) is 9.67 Å². The highest BCUT2D eigenvalue weighted by Gasteiger charge is 2.21. The summed E-state index contributed by atoms with van der Waals surface area (Å²) in [5.41, 5.74) is 4.12. The number of aryl methyl sites for hydroxylation is 1. The zero-order chi connectivity index (χ0) is 22.1. The zero-order valence-corrected chi connectivity index (χ0v) is 18.9. The lowest BCUT2D eigenvalue weighted by molar-refractivity contribution is 0.101. The van der Waals surface area contributed by atoms with Gasteiger partial charge >= 0.3 is 0 Å². The van der Waals surface area contributed by atoms with Crippen LogP contribution in [0.15, 0.2) is 60.7 Å². The molecule has 0 aliphatic heterocycles. The highest BCUT2D eigenvalue weighted by atomic mass is 35.5. The third kappa shape index (κ3) is 4.44. The van der Waals surface area contributed by atoms with Gasteiger partial charge in [-0.15, -0.1) is 5.10 Å². The lowest BCUT2D eigenvalue weighted by atomic mass is 10.1. The Kier molecular flexibility index (Phi) is 6.01. The van der Waals surface area contributed by atoms with Gasteiger partial charge in [0, 0.05) is 15.6 Å². The number of halogens is 3. The number of carbonyl (C=O) groups excluding carboxylic acids is 1. The van der Waals surface area contributed by atoms with E-state index in [1.165, 1.54) is 0 Å². The minimum atomic E-state index is -0.489. The second-order valence-corrected chi connectivity index (χ2v) is 8.26. The van der Waals surface area contributed by atoms with Crippen molar-refractivity contribution in [2.24, 2.45) is 0 Å². The predicted molar refractivity (Wildman–Crippen MR) is 126 cm³/mol. The number of anilines is 1. The molecule has 4 aromatic rings. The monoisotopic (exact) mass is 470 g/mol. The summed E-state index contributed by atoms with van der Waals surface area (Å²) < 4.78 is 1.66. The van der Waals surface area contributed by atoms with Gasteiger partial charge in [-0.2, -0.15) is 0 Å². The van der Waals surface area contributed by atoms with Gasteiger partial charge in [-0.3, -0.25) is 4.79 Å². The molecule has 1 heterocycles. The van der Waals surface area contributed by atoms with E-state index in [0.29, 0.717) is 26.6 Å². The highest BCUT2D eigenvalue weighted by Crippen LogP contribution is 2.28. The van der Waals surface area contributed by atoms with E-state index >= 15 is 0 Å². The molecule has 1 aromatic heterocycles. The normalized spacial score (nSPS) is 10.9. The number of nitrogens with zero attached hydrogens (tertiary/aromatic N) is 3. The standard InChI is InChI=1S/C23H17Cl3N4O/c1-13-5-3-8-20(14(13)2)30-22(15-6-4-7-16(24)11-15)28-21(29-30)23(31)27-19-10-9-17(25)12-18(19)26/h3-12H,1-2H3,(H,27,31). The van der Waals surface area contributed by atoms with Crippen molar-refractivity contribution in [3.63, 3.8) is 0 Å². The smallest absolute Gasteiger partial charge is 0.295 e. The van der Waals surface area contributed by atoms with E-state index in [1.807, 2.05) is 44.2 Å². The van der Waals surface area contributed by atoms with Crippen molar-refractivity contribution in [3.05, 3.63) is 92.7 Å². The summed E-state index contributed by atoms with van der Waals surface area (Å²) in [5, 5.41) is 8.62. The summed E-state index contributed by atoms with van der Waals surface area (Å²) >= 11 is 18.3. The molecule has 156 valence electrons. The zero-order valence-electron chi connectivity index (χ0n) is 16.7. The quantitative estimate of drug-likeness (QED) is 0.357. The molecular formula is C23H17Cl3N4O. The summed E-state index contributed by atoms with van der Waals surface area (Å²) in [6, 6.07) is 18.0. The lowest BCUT2D eigenvalue weighted by Crippen LogP contribution is -2.14. The van der Waals surface area contributed by atoms with Crippen LogP contribution in [0.4, 0.5) is 5.69 Å². The van der Waals surface area contributed by atoms with Gasteiger partial charge in [0.1, 0.15) is 0 Å². The van der Waals surface area contributed by atoms with Crippen LogP contribution in [0.25, 0.3) is 17.1 Å². The maximum absolute atomic E-state index is 12.9. The van der Waals surface area contributed by atoms with Crippen LogP contribution >= 0.6 is 34.8 Å². The van der Waals surface area contributed by atoms with Gasteiger partial charge in [0.2, 0.25) is 5.82 Å². The Morgan fingerprint density at radius 3 is 2.42 bits per heavy atom. The first-order valence-corrected chi connectivity index (χ1v) is 10.5. The Hall–Kier alpha value is -2.86. The Morgan fingerprint density at radius 1 is 0.935 bits per heavy atom. The van der Waals surface area contributed by atoms with Crippen molar-refractivity contribution in [2.45, 2.75) is 13.8 Å². The average Bonchev–Trinajstić information content (AvgIpc) is 3.17. The van der Waals surface area contributed by atoms with Gasteiger partial charge in [0.15, 0.2) is 5.82 Å². The lowest BCUT2D eigenvalue weighted by Gasteiger charge is -2.11. The summed E-state index contributed by atoms with van der Waals surface area (Å²) in [6.45, 7) is 4.02. The molecule has 3 aromatic carbocycles. The predicted octanol–water partition coefficient (Wildman–Crippen LogP) is 6.76. The van der Waals surface area contributed by atoms with Crippen LogP contribution in [0.5, 0.6) is 0 Å². The van der Waals surface area contributed by atoms with Crippen LogP contribution in [-0.4, -0.2) is 20.7 Å². The second-order valence-electron chi connectivity index (χ2n) is 6.98. The van der Waals surface area contributed by atoms with Crippen molar-refractivity contribution < 1.29 is 4.79 Å². The fourth-order valence-electron chi connectivity index (χ4n) is 3.12. The van der Waals surface area contributed by atoms with Crippen LogP contribution in [0.1, 0.15) is 21.7 Å². The Labute approximate surface area is 194 Å². The molecule has 0 spiro atoms. The Morgan fingerprint density at radius 2 is 1.68 bits per heavy atom. The topological polar surface area (TPSA) is 59.8 Å². The maximum atomic E-state index is 12.9. The SMILES string of the molecule is Cc1cccc(-n2nc(C(=O)Nc3ccc(Cl)cc3Cl)nc2-c2cccc(Cl)c2)c1C. The third-order valence-corrected chi connectivity index (χ3v) is 5.66. The number of carbonyl (C=O) groups is 1. The van der Waals surface area contributed by atoms with Gasteiger partial charge < -0.3 is 5.32 Å². The van der Waals surface area contributed by atoms with E-state index in [4.69, 9.17) is 34.8 Å². The van der Waals surface area contributed by atoms with E-state index in [2.05, 4.69) is 15.4 Å². The van der Waals surface area contributed by atoms with Crippen LogP contribution in [0, 0.1) is 13.8 Å². The highest BCUT2D eigenvalue weighted by molar-refractivity contribution is 6.36. The van der Waals surface area contributed by atoms with Gasteiger partial charge in [0.05, 0.1) is 16.4 Å². The summed E-state index contributed by atoms with van der Waals surface area (Å²) in [6.07, 6.45) is 0. The van der Waals surface area contributed by atoms with Crippen molar-refractivity contribution in [2.75, 3.05) is 5.32 Å². The van der Waals surface area contributed by atoms with Crippen LogP contribution in [0.2, 0.25) is 15.1 Å². The largest absolute Gasteiger partial charge is 0.318 e. The molecule has 5 nitrogen and oxygen atoms in total. The maximum Gasteiger partial charge on any atom is 0.295 e. The molecule has 0 saturated heterocycles. The van der Waals surface area contributed by atoms with Crippen LogP contribution in [-0.2, 0) is 0 Å². The summed E-state index contributed by atoms with van der Waals surface area (Å²) in [7, 11) is 0. The Balaban J connectivity index is 1.81. The van der Waals surface area contributed by atoms with Crippen molar-refractivity contribution >= 4 is 46.4 Å². The van der Waals surface area contributed by atoms with Crippen LogP contribution in [0.3, 0.4) is 0 Å². The number of aromatic nitrogens is 3. The second kappa shape index (κ2) is 8.71. The molecule has 8 heteroatoms. The number of hydrogen-bond donors (Lipinski definition) is 1. The molecular weight excluding hydrogens is 455 g/mol. The molecule has 31 heavy (non-hydrogen) atoms. The van der Waals surface area contributed by atoms with Crippen molar-refractivity contribution in [3.8, 4) is 17.1 Å². The van der Waals surface area contributed by atoms with Crippen molar-refractivity contribution in [1.82, 2.24) is 14.8 Å². The van der Waals surface area contributed by atoms with E-state index in [9.17, 15) is 4.79 Å². The van der Waals surface area contributed by atoms with E-state index in [0.717, 1.165) is 22.4 Å². The number of nitrogens with one attached hydrogen (secondary N) is 1. The van der Waals surface area contributed by atoms with Gasteiger partial charge in [0.25, 0.3) is 5.91 Å². The van der Waals surface area contributed by atoms with Crippen molar-refractivity contribution in [1.29, 1.82) is 0 Å². The first-order valence-electron chi connectivity index (χ1n) is 9.39. The fraction of sp³-hybridized carbons (Fsp3) is 0.0870. The molecule has 4 rings (SSSR count). The third-order valence-electron chi connectivity index (χ3n) is 4.88. The minimum absolute atomic E-state index is 0.00176. The van der Waals surface area contributed by atoms with Gasteiger partial charge in [-0.1, -0.05) is 59.1 Å². The first-order chi connectivity index (χ1) is 14.8. The summed E-state index contributed by atoms with van der Waals surface area (Å²) in [5.74, 6) is 0.0157. The molecule has 0 radical (unpaired) electrons. The molecule has 0 aliphatic carbocycles. The number of amides is 1. The first kappa shape index (κ1) is 21.4. The number of rotatable bonds is 4. The van der Waals surface area contributed by atoms with Gasteiger partial charge in [-0.05, 0) is 61.4 Å². The average molecular weight is 472 g/mol.